The number of nitrogens with zero attached hydrogens (tertiary/aromatic N) is 1. The van der Waals surface area contributed by atoms with Gasteiger partial charge in [-0.25, -0.2) is 0 Å². The van der Waals surface area contributed by atoms with Crippen molar-refractivity contribution >= 4 is 11.8 Å². The van der Waals surface area contributed by atoms with Gasteiger partial charge < -0.3 is 10.6 Å². The number of likely N-dealkylation sites (tertiary alicyclic amines) is 1. The SMILES string of the molecule is NC(=O)CCCN1CCC(c2ccccc2)CCC1=O. The van der Waals surface area contributed by atoms with Gasteiger partial charge in [0.25, 0.3) is 0 Å². The first-order chi connectivity index (χ1) is 9.66. The van der Waals surface area contributed by atoms with Crippen LogP contribution < -0.4 is 5.73 Å². The zero-order valence-corrected chi connectivity index (χ0v) is 11.8. The Morgan fingerprint density at radius 3 is 2.70 bits per heavy atom. The monoisotopic (exact) mass is 274 g/mol. The molecule has 2 amide bonds. The van der Waals surface area contributed by atoms with Gasteiger partial charge >= 0.3 is 0 Å². The molecule has 0 spiro atoms. The van der Waals surface area contributed by atoms with Crippen LogP contribution in [0.2, 0.25) is 0 Å². The van der Waals surface area contributed by atoms with Crippen LogP contribution in [0.25, 0.3) is 0 Å². The maximum absolute atomic E-state index is 12.1. The predicted molar refractivity (Wildman–Crippen MR) is 78.0 cm³/mol. The van der Waals surface area contributed by atoms with E-state index in [4.69, 9.17) is 5.73 Å². The Kier molecular flexibility index (Phi) is 5.16. The lowest BCUT2D eigenvalue weighted by Crippen LogP contribution is -2.31. The van der Waals surface area contributed by atoms with Crippen LogP contribution >= 0.6 is 0 Å². The Balaban J connectivity index is 1.90. The zero-order valence-electron chi connectivity index (χ0n) is 11.8. The van der Waals surface area contributed by atoms with Crippen LogP contribution in [-0.2, 0) is 9.59 Å². The van der Waals surface area contributed by atoms with E-state index < -0.39 is 0 Å². The average Bonchev–Trinajstić information content (AvgIpc) is 2.62. The first kappa shape index (κ1) is 14.6. The van der Waals surface area contributed by atoms with Crippen LogP contribution in [0.4, 0.5) is 0 Å². The van der Waals surface area contributed by atoms with E-state index in [2.05, 4.69) is 12.1 Å². The molecule has 1 aliphatic rings. The first-order valence-corrected chi connectivity index (χ1v) is 7.28. The van der Waals surface area contributed by atoms with E-state index in [0.717, 1.165) is 19.4 Å². The Hall–Kier alpha value is -1.84. The Morgan fingerprint density at radius 1 is 1.25 bits per heavy atom. The summed E-state index contributed by atoms with van der Waals surface area (Å²) >= 11 is 0. The number of rotatable bonds is 5. The molecule has 0 saturated carbocycles. The number of primary amides is 1. The number of benzene rings is 1. The first-order valence-electron chi connectivity index (χ1n) is 7.28. The van der Waals surface area contributed by atoms with Crippen LogP contribution in [-0.4, -0.2) is 29.8 Å². The van der Waals surface area contributed by atoms with Crippen molar-refractivity contribution in [2.24, 2.45) is 5.73 Å². The van der Waals surface area contributed by atoms with Crippen molar-refractivity contribution in [2.75, 3.05) is 13.1 Å². The summed E-state index contributed by atoms with van der Waals surface area (Å²) in [6.45, 7) is 1.42. The van der Waals surface area contributed by atoms with E-state index in [0.29, 0.717) is 31.7 Å². The molecule has 20 heavy (non-hydrogen) atoms. The second kappa shape index (κ2) is 7.08. The predicted octanol–water partition coefficient (Wildman–Crippen LogP) is 2.05. The molecule has 1 saturated heterocycles. The van der Waals surface area contributed by atoms with Crippen molar-refractivity contribution < 1.29 is 9.59 Å². The van der Waals surface area contributed by atoms with E-state index in [9.17, 15) is 9.59 Å². The summed E-state index contributed by atoms with van der Waals surface area (Å²) in [5.41, 5.74) is 6.45. The Bertz CT molecular complexity index is 459. The Labute approximate surface area is 119 Å². The highest BCUT2D eigenvalue weighted by Crippen LogP contribution is 2.28. The molecule has 0 aliphatic carbocycles. The zero-order chi connectivity index (χ0) is 14.4. The molecular formula is C16H22N2O2. The molecule has 1 atom stereocenters. The van der Waals surface area contributed by atoms with Crippen molar-refractivity contribution in [3.8, 4) is 0 Å². The highest BCUT2D eigenvalue weighted by atomic mass is 16.2. The van der Waals surface area contributed by atoms with Gasteiger partial charge in [-0.05, 0) is 30.7 Å². The quantitative estimate of drug-likeness (QED) is 0.893. The third-order valence-corrected chi connectivity index (χ3v) is 3.93. The molecule has 108 valence electrons. The molecule has 2 N–H and O–H groups in total. The summed E-state index contributed by atoms with van der Waals surface area (Å²) in [7, 11) is 0. The smallest absolute Gasteiger partial charge is 0.222 e. The molecule has 0 aromatic heterocycles. The second-order valence-corrected chi connectivity index (χ2v) is 5.39. The summed E-state index contributed by atoms with van der Waals surface area (Å²) in [6, 6.07) is 10.4. The highest BCUT2D eigenvalue weighted by molar-refractivity contribution is 5.77. The summed E-state index contributed by atoms with van der Waals surface area (Å²) in [6.07, 6.45) is 3.51. The topological polar surface area (TPSA) is 63.4 Å². The van der Waals surface area contributed by atoms with Crippen molar-refractivity contribution in [3.63, 3.8) is 0 Å². The molecule has 1 heterocycles. The summed E-state index contributed by atoms with van der Waals surface area (Å²) in [5, 5.41) is 0. The molecule has 0 bridgehead atoms. The van der Waals surface area contributed by atoms with Crippen molar-refractivity contribution in [1.29, 1.82) is 0 Å². The van der Waals surface area contributed by atoms with Crippen molar-refractivity contribution in [3.05, 3.63) is 35.9 Å². The third-order valence-electron chi connectivity index (χ3n) is 3.93. The average molecular weight is 274 g/mol. The minimum atomic E-state index is -0.297. The third kappa shape index (κ3) is 4.08. The van der Waals surface area contributed by atoms with E-state index in [-0.39, 0.29) is 11.8 Å². The van der Waals surface area contributed by atoms with Gasteiger partial charge in [-0.3, -0.25) is 9.59 Å². The summed E-state index contributed by atoms with van der Waals surface area (Å²) in [5.74, 6) is 0.364. The number of hydrogen-bond donors (Lipinski definition) is 1. The maximum atomic E-state index is 12.1. The molecular weight excluding hydrogens is 252 g/mol. The van der Waals surface area contributed by atoms with Crippen LogP contribution in [0, 0.1) is 0 Å². The van der Waals surface area contributed by atoms with Gasteiger partial charge in [-0.2, -0.15) is 0 Å². The summed E-state index contributed by atoms with van der Waals surface area (Å²) < 4.78 is 0. The van der Waals surface area contributed by atoms with E-state index in [1.54, 1.807) is 0 Å². The fourth-order valence-corrected chi connectivity index (χ4v) is 2.78. The van der Waals surface area contributed by atoms with Gasteiger partial charge in [0.15, 0.2) is 0 Å². The van der Waals surface area contributed by atoms with Crippen LogP contribution in [0.5, 0.6) is 0 Å². The van der Waals surface area contributed by atoms with Crippen molar-refractivity contribution in [1.82, 2.24) is 4.90 Å². The molecule has 1 aromatic carbocycles. The normalized spacial score (nSPS) is 19.7. The molecule has 4 nitrogen and oxygen atoms in total. The molecule has 2 rings (SSSR count). The fraction of sp³-hybridized carbons (Fsp3) is 0.500. The molecule has 1 unspecified atom stereocenters. The standard InChI is InChI=1S/C16H22N2O2/c17-15(19)7-4-11-18-12-10-14(8-9-16(18)20)13-5-2-1-3-6-13/h1-3,5-6,14H,4,7-12H2,(H2,17,19). The molecule has 1 aromatic rings. The highest BCUT2D eigenvalue weighted by Gasteiger charge is 2.22. The van der Waals surface area contributed by atoms with Crippen molar-refractivity contribution in [2.45, 2.75) is 38.0 Å². The van der Waals surface area contributed by atoms with E-state index >= 15 is 0 Å². The van der Waals surface area contributed by atoms with Gasteiger partial charge in [-0.15, -0.1) is 0 Å². The fourth-order valence-electron chi connectivity index (χ4n) is 2.78. The lowest BCUT2D eigenvalue weighted by molar-refractivity contribution is -0.131. The molecule has 1 fully saturated rings. The van der Waals surface area contributed by atoms with Gasteiger partial charge in [0.1, 0.15) is 0 Å². The van der Waals surface area contributed by atoms with Gasteiger partial charge in [0.2, 0.25) is 11.8 Å². The Morgan fingerprint density at radius 2 is 2.00 bits per heavy atom. The minimum Gasteiger partial charge on any atom is -0.370 e. The number of hydrogen-bond acceptors (Lipinski definition) is 2. The number of nitrogens with two attached hydrogens (primary N) is 1. The van der Waals surface area contributed by atoms with Crippen LogP contribution in [0.3, 0.4) is 0 Å². The maximum Gasteiger partial charge on any atom is 0.222 e. The van der Waals surface area contributed by atoms with E-state index in [1.807, 2.05) is 23.1 Å². The molecule has 1 aliphatic heterocycles. The van der Waals surface area contributed by atoms with Gasteiger partial charge in [0, 0.05) is 25.9 Å². The lowest BCUT2D eigenvalue weighted by Gasteiger charge is -2.20. The number of amides is 2. The van der Waals surface area contributed by atoms with Crippen LogP contribution in [0.1, 0.15) is 43.6 Å². The minimum absolute atomic E-state index is 0.202. The van der Waals surface area contributed by atoms with Crippen LogP contribution in [0.15, 0.2) is 30.3 Å². The van der Waals surface area contributed by atoms with Gasteiger partial charge in [0.05, 0.1) is 0 Å². The van der Waals surface area contributed by atoms with Gasteiger partial charge in [-0.1, -0.05) is 30.3 Å². The number of carbonyl (C=O) groups is 2. The molecule has 0 radical (unpaired) electrons. The second-order valence-electron chi connectivity index (χ2n) is 5.39. The lowest BCUT2D eigenvalue weighted by atomic mass is 9.92. The molecule has 4 heteroatoms. The number of carbonyl (C=O) groups excluding carboxylic acids is 2. The van der Waals surface area contributed by atoms with E-state index in [1.165, 1.54) is 5.56 Å². The summed E-state index contributed by atoms with van der Waals surface area (Å²) in [4.78, 5) is 24.7. The largest absolute Gasteiger partial charge is 0.370 e.